The molecule has 1 aromatic rings. The molecule has 1 heterocycles. The molecule has 0 aliphatic rings. The van der Waals surface area contributed by atoms with Crippen molar-refractivity contribution >= 4 is 11.8 Å². The van der Waals surface area contributed by atoms with Gasteiger partial charge in [0.1, 0.15) is 29.1 Å². The van der Waals surface area contributed by atoms with Crippen molar-refractivity contribution in [2.24, 2.45) is 0 Å². The Kier molecular flexibility index (Phi) is 3.06. The van der Waals surface area contributed by atoms with Crippen molar-refractivity contribution in [2.45, 2.75) is 11.6 Å². The Morgan fingerprint density at radius 2 is 2.46 bits per heavy atom. The molecule has 0 unspecified atom stereocenters. The molecule has 2 N–H and O–H groups in total. The predicted octanol–water partition coefficient (Wildman–Crippen LogP) is -0.144. The Morgan fingerprint density at radius 1 is 1.77 bits per heavy atom. The van der Waals surface area contributed by atoms with E-state index in [1.165, 1.54) is 11.8 Å². The van der Waals surface area contributed by atoms with Gasteiger partial charge in [0.05, 0.1) is 0 Å². The number of aliphatic hydroxyl groups is 1. The normalized spacial score (nSPS) is 9.62. The van der Waals surface area contributed by atoms with Crippen LogP contribution in [0.4, 0.5) is 0 Å². The zero-order chi connectivity index (χ0) is 9.84. The smallest absolute Gasteiger partial charge is 0.270 e. The maximum Gasteiger partial charge on any atom is 0.270 e. The van der Waals surface area contributed by atoms with Gasteiger partial charge in [-0.1, -0.05) is 0 Å². The van der Waals surface area contributed by atoms with Crippen LogP contribution in [0.2, 0.25) is 0 Å². The number of thioether (sulfide) groups is 1. The van der Waals surface area contributed by atoms with Gasteiger partial charge in [-0.2, -0.15) is 5.26 Å². The number of nitrogens with zero attached hydrogens (tertiary/aromatic N) is 2. The summed E-state index contributed by atoms with van der Waals surface area (Å²) in [5.74, 6) is 0.174. The third-order valence-corrected chi connectivity index (χ3v) is 2.07. The molecule has 0 fully saturated rings. The van der Waals surface area contributed by atoms with Gasteiger partial charge in [-0.05, 0) is 6.26 Å². The van der Waals surface area contributed by atoms with Crippen molar-refractivity contribution in [3.8, 4) is 6.07 Å². The van der Waals surface area contributed by atoms with E-state index < -0.39 is 5.56 Å². The standard InChI is InChI=1S/C7H7N3O2S/c1-13-7-4(2-8)6(12)9-5(3-11)10-7/h11H,3H2,1H3,(H,9,10,12). The Labute approximate surface area is 78.4 Å². The lowest BCUT2D eigenvalue weighted by molar-refractivity contribution is 0.269. The molecule has 0 aliphatic heterocycles. The van der Waals surface area contributed by atoms with Crippen molar-refractivity contribution in [1.82, 2.24) is 9.97 Å². The van der Waals surface area contributed by atoms with Gasteiger partial charge >= 0.3 is 0 Å². The fourth-order valence-electron chi connectivity index (χ4n) is 0.818. The Balaban J connectivity index is 3.40. The average Bonchev–Trinajstić information content (AvgIpc) is 2.16. The second-order valence-electron chi connectivity index (χ2n) is 2.17. The highest BCUT2D eigenvalue weighted by Crippen LogP contribution is 2.12. The molecule has 0 atom stereocenters. The summed E-state index contributed by atoms with van der Waals surface area (Å²) in [5.41, 5.74) is -0.518. The number of aromatic amines is 1. The number of rotatable bonds is 2. The van der Waals surface area contributed by atoms with Gasteiger partial charge in [0, 0.05) is 0 Å². The van der Waals surface area contributed by atoms with Gasteiger partial charge in [-0.25, -0.2) is 4.98 Å². The van der Waals surface area contributed by atoms with Gasteiger partial charge in [0.15, 0.2) is 0 Å². The van der Waals surface area contributed by atoms with Crippen molar-refractivity contribution in [3.05, 3.63) is 21.7 Å². The molecule has 0 radical (unpaired) electrons. The van der Waals surface area contributed by atoms with Gasteiger partial charge in [0.25, 0.3) is 5.56 Å². The largest absolute Gasteiger partial charge is 0.388 e. The quantitative estimate of drug-likeness (QED) is 0.508. The topological polar surface area (TPSA) is 89.8 Å². The summed E-state index contributed by atoms with van der Waals surface area (Å²) in [4.78, 5) is 17.3. The first kappa shape index (κ1) is 9.77. The lowest BCUT2D eigenvalue weighted by Gasteiger charge is -2.00. The maximum absolute atomic E-state index is 11.2. The molecule has 0 aromatic carbocycles. The van der Waals surface area contributed by atoms with E-state index in [1.54, 1.807) is 12.3 Å². The van der Waals surface area contributed by atoms with Crippen LogP contribution in [-0.4, -0.2) is 21.3 Å². The second kappa shape index (κ2) is 4.07. The zero-order valence-electron chi connectivity index (χ0n) is 6.87. The molecule has 0 amide bonds. The summed E-state index contributed by atoms with van der Waals surface area (Å²) in [6.07, 6.45) is 1.71. The van der Waals surface area contributed by atoms with E-state index in [9.17, 15) is 4.79 Å². The molecule has 13 heavy (non-hydrogen) atoms. The third-order valence-electron chi connectivity index (χ3n) is 1.39. The molecule has 0 saturated heterocycles. The number of aromatic nitrogens is 2. The van der Waals surface area contributed by atoms with E-state index in [1.807, 2.05) is 0 Å². The number of nitriles is 1. The molecule has 0 aliphatic carbocycles. The van der Waals surface area contributed by atoms with Gasteiger partial charge < -0.3 is 10.1 Å². The van der Waals surface area contributed by atoms with Crippen LogP contribution in [0.15, 0.2) is 9.82 Å². The van der Waals surface area contributed by atoms with E-state index in [0.717, 1.165) is 0 Å². The monoisotopic (exact) mass is 197 g/mol. The molecular formula is C7H7N3O2S. The van der Waals surface area contributed by atoms with Crippen molar-refractivity contribution in [3.63, 3.8) is 0 Å². The summed E-state index contributed by atoms with van der Waals surface area (Å²) in [6.45, 7) is -0.339. The van der Waals surface area contributed by atoms with Crippen molar-refractivity contribution in [1.29, 1.82) is 5.26 Å². The SMILES string of the molecule is CSc1nc(CO)[nH]c(=O)c1C#N. The summed E-state index contributed by atoms with van der Waals surface area (Å²) in [7, 11) is 0. The van der Waals surface area contributed by atoms with Gasteiger partial charge in [-0.15, -0.1) is 11.8 Å². The van der Waals surface area contributed by atoms with Crippen LogP contribution in [0.1, 0.15) is 11.4 Å². The highest BCUT2D eigenvalue weighted by molar-refractivity contribution is 7.98. The fraction of sp³-hybridized carbons (Fsp3) is 0.286. The van der Waals surface area contributed by atoms with Crippen LogP contribution in [0.25, 0.3) is 0 Å². The molecule has 68 valence electrons. The van der Waals surface area contributed by atoms with Crippen LogP contribution in [0.3, 0.4) is 0 Å². The van der Waals surface area contributed by atoms with Crippen LogP contribution in [0, 0.1) is 11.3 Å². The van der Waals surface area contributed by atoms with E-state index in [-0.39, 0.29) is 18.0 Å². The highest BCUT2D eigenvalue weighted by Gasteiger charge is 2.08. The Morgan fingerprint density at radius 3 is 2.92 bits per heavy atom. The van der Waals surface area contributed by atoms with Crippen LogP contribution in [-0.2, 0) is 6.61 Å². The average molecular weight is 197 g/mol. The van der Waals surface area contributed by atoms with Gasteiger partial charge in [0.2, 0.25) is 0 Å². The molecular weight excluding hydrogens is 190 g/mol. The van der Waals surface area contributed by atoms with Crippen LogP contribution in [0.5, 0.6) is 0 Å². The highest BCUT2D eigenvalue weighted by atomic mass is 32.2. The first-order valence-corrected chi connectivity index (χ1v) is 4.63. The summed E-state index contributed by atoms with van der Waals surface area (Å²) in [6, 6.07) is 1.76. The molecule has 1 aromatic heterocycles. The minimum atomic E-state index is -0.508. The first-order valence-electron chi connectivity index (χ1n) is 3.41. The van der Waals surface area contributed by atoms with Crippen molar-refractivity contribution in [2.75, 3.05) is 6.26 Å². The van der Waals surface area contributed by atoms with Crippen LogP contribution >= 0.6 is 11.8 Å². The minimum Gasteiger partial charge on any atom is -0.388 e. The number of aliphatic hydroxyl groups excluding tert-OH is 1. The van der Waals surface area contributed by atoms with Crippen molar-refractivity contribution < 1.29 is 5.11 Å². The van der Waals surface area contributed by atoms with E-state index >= 15 is 0 Å². The first-order chi connectivity index (χ1) is 6.22. The number of hydrogen-bond acceptors (Lipinski definition) is 5. The number of H-pyrrole nitrogens is 1. The lowest BCUT2D eigenvalue weighted by atomic mass is 10.4. The fourth-order valence-corrected chi connectivity index (χ4v) is 1.36. The third kappa shape index (κ3) is 1.88. The zero-order valence-corrected chi connectivity index (χ0v) is 7.68. The Hall–Kier alpha value is -1.32. The summed E-state index contributed by atoms with van der Waals surface area (Å²) < 4.78 is 0. The molecule has 1 rings (SSSR count). The lowest BCUT2D eigenvalue weighted by Crippen LogP contribution is -2.16. The molecule has 0 saturated carbocycles. The van der Waals surface area contributed by atoms with E-state index in [0.29, 0.717) is 5.03 Å². The number of nitrogens with one attached hydrogen (secondary N) is 1. The van der Waals surface area contributed by atoms with E-state index in [4.69, 9.17) is 10.4 Å². The van der Waals surface area contributed by atoms with Gasteiger partial charge in [-0.3, -0.25) is 4.79 Å². The second-order valence-corrected chi connectivity index (χ2v) is 2.96. The summed E-state index contributed by atoms with van der Waals surface area (Å²) >= 11 is 1.20. The number of hydrogen-bond donors (Lipinski definition) is 2. The Bertz CT molecular complexity index is 407. The molecule has 6 heteroatoms. The minimum absolute atomic E-state index is 0.00954. The van der Waals surface area contributed by atoms with Crippen LogP contribution < -0.4 is 5.56 Å². The molecule has 5 nitrogen and oxygen atoms in total. The molecule has 0 spiro atoms. The summed E-state index contributed by atoms with van der Waals surface area (Å²) in [5, 5.41) is 17.7. The van der Waals surface area contributed by atoms with E-state index in [2.05, 4.69) is 9.97 Å². The predicted molar refractivity (Wildman–Crippen MR) is 47.3 cm³/mol. The molecule has 0 bridgehead atoms. The maximum atomic E-state index is 11.2.